The summed E-state index contributed by atoms with van der Waals surface area (Å²) >= 11 is 0. The number of amides is 1. The first kappa shape index (κ1) is 30.9. The normalized spacial score (nSPS) is 12.3. The molecule has 10 heteroatoms. The van der Waals surface area contributed by atoms with Gasteiger partial charge in [0.25, 0.3) is 9.84 Å². The Bertz CT molecular complexity index is 1240. The van der Waals surface area contributed by atoms with Crippen molar-refractivity contribution in [1.82, 2.24) is 4.90 Å². The Balaban J connectivity index is 2.11. The van der Waals surface area contributed by atoms with Crippen LogP contribution in [0.3, 0.4) is 0 Å². The smallest absolute Gasteiger partial charge is 0.474 e. The zero-order valence-electron chi connectivity index (χ0n) is 21.4. The average molecular weight is 552 g/mol. The molecular formula is C28H32F3NO5S. The van der Waals surface area contributed by atoms with Gasteiger partial charge < -0.3 is 10.0 Å². The van der Waals surface area contributed by atoms with Crippen LogP contribution in [0.15, 0.2) is 53.4 Å². The predicted octanol–water partition coefficient (Wildman–Crippen LogP) is 6.26. The zero-order chi connectivity index (χ0) is 28.3. The molecule has 0 aliphatic rings. The Morgan fingerprint density at radius 3 is 2.08 bits per heavy atom. The van der Waals surface area contributed by atoms with Gasteiger partial charge in [-0.15, -0.1) is 0 Å². The third kappa shape index (κ3) is 8.62. The lowest BCUT2D eigenvalue weighted by Crippen LogP contribution is -2.38. The number of unbranched alkanes of at least 4 members (excludes halogenated alkanes) is 6. The Morgan fingerprint density at radius 1 is 0.947 bits per heavy atom. The third-order valence-corrected chi connectivity index (χ3v) is 7.59. The molecule has 38 heavy (non-hydrogen) atoms. The molecule has 0 aromatic heterocycles. The van der Waals surface area contributed by atoms with Crippen LogP contribution in [-0.4, -0.2) is 35.8 Å². The molecule has 1 unspecified atom stereocenters. The summed E-state index contributed by atoms with van der Waals surface area (Å²) in [6.07, 6.45) is 7.92. The molecule has 0 spiro atoms. The number of benzene rings is 2. The fourth-order valence-electron chi connectivity index (χ4n) is 3.80. The summed E-state index contributed by atoms with van der Waals surface area (Å²) in [5.41, 5.74) is -3.76. The average Bonchev–Trinajstić information content (AvgIpc) is 2.88. The second-order valence-electron chi connectivity index (χ2n) is 8.95. The summed E-state index contributed by atoms with van der Waals surface area (Å²) in [4.78, 5) is 24.0. The molecule has 2 aromatic carbocycles. The topological polar surface area (TPSA) is 91.8 Å². The molecule has 0 heterocycles. The first-order chi connectivity index (χ1) is 17.9. The van der Waals surface area contributed by atoms with Crippen LogP contribution in [0, 0.1) is 11.8 Å². The summed E-state index contributed by atoms with van der Waals surface area (Å²) < 4.78 is 61.6. The number of carboxylic acids is 1. The first-order valence-corrected chi connectivity index (χ1v) is 13.9. The van der Waals surface area contributed by atoms with E-state index in [0.717, 1.165) is 54.0 Å². The van der Waals surface area contributed by atoms with E-state index in [1.165, 1.54) is 32.6 Å². The van der Waals surface area contributed by atoms with Crippen LogP contribution in [0.2, 0.25) is 0 Å². The van der Waals surface area contributed by atoms with Crippen LogP contribution in [0.4, 0.5) is 13.2 Å². The van der Waals surface area contributed by atoms with Crippen molar-refractivity contribution in [3.63, 3.8) is 0 Å². The third-order valence-electron chi connectivity index (χ3n) is 6.08. The molecule has 0 aliphatic carbocycles. The Morgan fingerprint density at radius 2 is 1.53 bits per heavy atom. The SMILES string of the molecule is CCCCCCCCC#Cc1ccc(CN(C(=O)C(=O)O)C(C)c2ccc(S(=O)(=O)C(F)(F)F)cc2)cc1. The highest BCUT2D eigenvalue weighted by molar-refractivity contribution is 7.92. The maximum Gasteiger partial charge on any atom is 0.501 e. The second kappa shape index (κ2) is 14.0. The van der Waals surface area contributed by atoms with Gasteiger partial charge in [0.2, 0.25) is 0 Å². The number of rotatable bonds is 11. The standard InChI is InChI=1S/C28H32F3NO5S/c1-3-4-5-6-7-8-9-10-11-22-12-14-23(15-13-22)20-32(26(33)27(34)35)21(2)24-16-18-25(19-17-24)38(36,37)28(29,30)31/h12-19,21H,3-9,20H2,1-2H3,(H,34,35). The van der Waals surface area contributed by atoms with Crippen molar-refractivity contribution in [3.8, 4) is 11.8 Å². The molecule has 1 amide bonds. The molecule has 2 rings (SSSR count). The highest BCUT2D eigenvalue weighted by Gasteiger charge is 2.46. The molecule has 0 fully saturated rings. The molecular weight excluding hydrogens is 519 g/mol. The molecule has 0 saturated carbocycles. The van der Waals surface area contributed by atoms with Crippen molar-refractivity contribution in [1.29, 1.82) is 0 Å². The van der Waals surface area contributed by atoms with Crippen molar-refractivity contribution in [2.24, 2.45) is 0 Å². The van der Waals surface area contributed by atoms with Gasteiger partial charge in [0, 0.05) is 18.5 Å². The molecule has 0 saturated heterocycles. The van der Waals surface area contributed by atoms with Gasteiger partial charge >= 0.3 is 17.4 Å². The monoisotopic (exact) mass is 551 g/mol. The number of alkyl halides is 3. The number of aliphatic carboxylic acids is 1. The second-order valence-corrected chi connectivity index (χ2v) is 10.9. The van der Waals surface area contributed by atoms with E-state index >= 15 is 0 Å². The van der Waals surface area contributed by atoms with E-state index in [1.54, 1.807) is 24.3 Å². The number of nitrogens with zero attached hydrogens (tertiary/aromatic N) is 1. The van der Waals surface area contributed by atoms with Gasteiger partial charge in [-0.05, 0) is 48.7 Å². The number of carboxylic acid groups (broad SMARTS) is 1. The van der Waals surface area contributed by atoms with E-state index in [-0.39, 0.29) is 12.1 Å². The molecule has 206 valence electrons. The molecule has 0 bridgehead atoms. The summed E-state index contributed by atoms with van der Waals surface area (Å²) in [7, 11) is -5.52. The Labute approximate surface area is 221 Å². The van der Waals surface area contributed by atoms with E-state index in [4.69, 9.17) is 0 Å². The largest absolute Gasteiger partial charge is 0.501 e. The maximum atomic E-state index is 12.8. The van der Waals surface area contributed by atoms with E-state index in [1.807, 2.05) is 0 Å². The molecule has 0 aliphatic heterocycles. The maximum absolute atomic E-state index is 12.8. The van der Waals surface area contributed by atoms with Gasteiger partial charge in [0.1, 0.15) is 0 Å². The van der Waals surface area contributed by atoms with E-state index < -0.39 is 38.2 Å². The first-order valence-electron chi connectivity index (χ1n) is 12.4. The van der Waals surface area contributed by atoms with Crippen LogP contribution in [-0.2, 0) is 26.0 Å². The van der Waals surface area contributed by atoms with Gasteiger partial charge in [0.15, 0.2) is 0 Å². The lowest BCUT2D eigenvalue weighted by molar-refractivity contribution is -0.157. The minimum Gasteiger partial charge on any atom is -0.474 e. The van der Waals surface area contributed by atoms with Crippen LogP contribution >= 0.6 is 0 Å². The van der Waals surface area contributed by atoms with E-state index in [0.29, 0.717) is 5.56 Å². The number of carbonyl (C=O) groups excluding carboxylic acids is 1. The number of hydrogen-bond acceptors (Lipinski definition) is 4. The zero-order valence-corrected chi connectivity index (χ0v) is 22.2. The summed E-state index contributed by atoms with van der Waals surface area (Å²) in [6, 6.07) is 9.97. The van der Waals surface area contributed by atoms with Crippen LogP contribution in [0.1, 0.15) is 81.5 Å². The summed E-state index contributed by atoms with van der Waals surface area (Å²) in [6.45, 7) is 3.61. The summed E-state index contributed by atoms with van der Waals surface area (Å²) in [5, 5.41) is 9.30. The lowest BCUT2D eigenvalue weighted by atomic mass is 10.0. The molecule has 6 nitrogen and oxygen atoms in total. The number of carbonyl (C=O) groups is 2. The van der Waals surface area contributed by atoms with Gasteiger partial charge in [-0.2, -0.15) is 13.2 Å². The van der Waals surface area contributed by atoms with Crippen molar-refractivity contribution in [2.75, 3.05) is 0 Å². The molecule has 1 N–H and O–H groups in total. The number of halogens is 3. The fraction of sp³-hybridized carbons (Fsp3) is 0.429. The lowest BCUT2D eigenvalue weighted by Gasteiger charge is -2.28. The molecule has 0 radical (unpaired) electrons. The fourth-order valence-corrected chi connectivity index (χ4v) is 4.56. The Hall–Kier alpha value is -3.32. The van der Waals surface area contributed by atoms with Crippen molar-refractivity contribution in [2.45, 2.75) is 81.8 Å². The molecule has 1 atom stereocenters. The van der Waals surface area contributed by atoms with Crippen LogP contribution in [0.25, 0.3) is 0 Å². The highest BCUT2D eigenvalue weighted by Crippen LogP contribution is 2.31. The van der Waals surface area contributed by atoms with Gasteiger partial charge in [-0.1, -0.05) is 75.1 Å². The Kier molecular flexibility index (Phi) is 11.4. The minimum absolute atomic E-state index is 0.0830. The van der Waals surface area contributed by atoms with Gasteiger partial charge in [-0.3, -0.25) is 4.79 Å². The van der Waals surface area contributed by atoms with Crippen LogP contribution in [0.5, 0.6) is 0 Å². The summed E-state index contributed by atoms with van der Waals surface area (Å²) in [5.74, 6) is 3.34. The van der Waals surface area contributed by atoms with E-state index in [9.17, 15) is 36.3 Å². The van der Waals surface area contributed by atoms with Crippen molar-refractivity contribution in [3.05, 3.63) is 65.2 Å². The van der Waals surface area contributed by atoms with Crippen molar-refractivity contribution >= 4 is 21.7 Å². The predicted molar refractivity (Wildman–Crippen MR) is 138 cm³/mol. The van der Waals surface area contributed by atoms with Crippen molar-refractivity contribution < 1.29 is 36.3 Å². The van der Waals surface area contributed by atoms with Crippen LogP contribution < -0.4 is 0 Å². The molecule has 2 aromatic rings. The van der Waals surface area contributed by atoms with Gasteiger partial charge in [0.05, 0.1) is 10.9 Å². The highest BCUT2D eigenvalue weighted by atomic mass is 32.2. The minimum atomic E-state index is -5.52. The van der Waals surface area contributed by atoms with E-state index in [2.05, 4.69) is 18.8 Å². The quantitative estimate of drug-likeness (QED) is 0.202. The number of sulfone groups is 1. The number of hydrogen-bond donors (Lipinski definition) is 1. The van der Waals surface area contributed by atoms with Gasteiger partial charge in [-0.25, -0.2) is 13.2 Å².